The van der Waals surface area contributed by atoms with Crippen molar-refractivity contribution in [3.8, 4) is 0 Å². The number of nitrogens with one attached hydrogen (secondary N) is 3. The van der Waals surface area contributed by atoms with Crippen LogP contribution < -0.4 is 16.0 Å². The third kappa shape index (κ3) is 3.81. The monoisotopic (exact) mass is 275 g/mol. The summed E-state index contributed by atoms with van der Waals surface area (Å²) in [6.07, 6.45) is 0. The highest BCUT2D eigenvalue weighted by Gasteiger charge is 2.23. The van der Waals surface area contributed by atoms with Crippen LogP contribution in [0.15, 0.2) is 24.3 Å². The van der Waals surface area contributed by atoms with Crippen molar-refractivity contribution in [3.63, 3.8) is 0 Å². The third-order valence-corrected chi connectivity index (χ3v) is 3.68. The van der Waals surface area contributed by atoms with Crippen LogP contribution in [-0.2, 0) is 10.2 Å². The lowest BCUT2D eigenvalue weighted by Gasteiger charge is -2.28. The minimum atomic E-state index is -0.159. The lowest BCUT2D eigenvalue weighted by molar-refractivity contribution is -0.118. The van der Waals surface area contributed by atoms with Gasteiger partial charge in [0.05, 0.1) is 6.04 Å². The van der Waals surface area contributed by atoms with Gasteiger partial charge in [0.25, 0.3) is 0 Å². The number of carbonyl (C=O) groups excluding carboxylic acids is 1. The number of amides is 1. The highest BCUT2D eigenvalue weighted by Crippen LogP contribution is 2.23. The van der Waals surface area contributed by atoms with Crippen molar-refractivity contribution in [1.82, 2.24) is 10.6 Å². The Balaban J connectivity index is 1.94. The zero-order valence-corrected chi connectivity index (χ0v) is 12.8. The molecule has 1 aliphatic rings. The van der Waals surface area contributed by atoms with Gasteiger partial charge in [-0.1, -0.05) is 32.9 Å². The Bertz CT molecular complexity index is 454. The Hall–Kier alpha value is -1.39. The Morgan fingerprint density at radius 1 is 1.15 bits per heavy atom. The normalized spacial score (nSPS) is 23.4. The van der Waals surface area contributed by atoms with Gasteiger partial charge in [0.2, 0.25) is 5.91 Å². The summed E-state index contributed by atoms with van der Waals surface area (Å²) in [5.41, 5.74) is 2.25. The average Bonchev–Trinajstić information content (AvgIpc) is 2.39. The molecule has 1 aromatic rings. The minimum absolute atomic E-state index is 0.0212. The Kier molecular flexibility index (Phi) is 4.45. The van der Waals surface area contributed by atoms with Gasteiger partial charge in [0.15, 0.2) is 0 Å². The first-order valence-electron chi connectivity index (χ1n) is 7.24. The molecule has 4 heteroatoms. The maximum Gasteiger partial charge on any atom is 0.242 e. The van der Waals surface area contributed by atoms with Crippen LogP contribution in [0, 0.1) is 0 Å². The van der Waals surface area contributed by atoms with Crippen molar-refractivity contribution in [3.05, 3.63) is 29.8 Å². The van der Waals surface area contributed by atoms with Gasteiger partial charge >= 0.3 is 0 Å². The fourth-order valence-corrected chi connectivity index (χ4v) is 2.25. The molecule has 3 N–H and O–H groups in total. The molecular weight excluding hydrogens is 250 g/mol. The second kappa shape index (κ2) is 5.94. The minimum Gasteiger partial charge on any atom is -0.325 e. The summed E-state index contributed by atoms with van der Waals surface area (Å²) < 4.78 is 0. The predicted molar refractivity (Wildman–Crippen MR) is 83.0 cm³/mol. The van der Waals surface area contributed by atoms with Crippen molar-refractivity contribution < 1.29 is 4.79 Å². The highest BCUT2D eigenvalue weighted by atomic mass is 16.2. The molecule has 0 saturated carbocycles. The second-order valence-corrected chi connectivity index (χ2v) is 6.59. The molecule has 2 atom stereocenters. The molecule has 0 aromatic heterocycles. The zero-order chi connectivity index (χ0) is 14.8. The first-order valence-corrected chi connectivity index (χ1v) is 7.24. The van der Waals surface area contributed by atoms with Crippen LogP contribution in [0.5, 0.6) is 0 Å². The van der Waals surface area contributed by atoms with Gasteiger partial charge in [-0.15, -0.1) is 0 Å². The molecular formula is C16H25N3O. The third-order valence-electron chi connectivity index (χ3n) is 3.68. The quantitative estimate of drug-likeness (QED) is 0.772. The maximum atomic E-state index is 12.1. The molecule has 2 unspecified atom stereocenters. The molecule has 1 heterocycles. The molecule has 4 nitrogen and oxygen atoms in total. The Labute approximate surface area is 121 Å². The molecule has 110 valence electrons. The van der Waals surface area contributed by atoms with E-state index in [4.69, 9.17) is 0 Å². The van der Waals surface area contributed by atoms with Gasteiger partial charge in [0, 0.05) is 24.8 Å². The average molecular weight is 275 g/mol. The van der Waals surface area contributed by atoms with Crippen LogP contribution in [0.3, 0.4) is 0 Å². The SMILES string of the molecule is CC1CNC(C(=O)Nc2ccc(C(C)(C)C)cc2)CN1. The summed E-state index contributed by atoms with van der Waals surface area (Å²) in [6.45, 7) is 10.1. The number of anilines is 1. The highest BCUT2D eigenvalue weighted by molar-refractivity contribution is 5.95. The van der Waals surface area contributed by atoms with Crippen LogP contribution in [0.2, 0.25) is 0 Å². The lowest BCUT2D eigenvalue weighted by atomic mass is 9.87. The topological polar surface area (TPSA) is 53.2 Å². The van der Waals surface area contributed by atoms with E-state index in [-0.39, 0.29) is 17.4 Å². The van der Waals surface area contributed by atoms with E-state index in [9.17, 15) is 4.79 Å². The van der Waals surface area contributed by atoms with Gasteiger partial charge in [-0.3, -0.25) is 4.79 Å². The predicted octanol–water partition coefficient (Wildman–Crippen LogP) is 1.87. The molecule has 0 bridgehead atoms. The van der Waals surface area contributed by atoms with Gasteiger partial charge in [-0.25, -0.2) is 0 Å². The smallest absolute Gasteiger partial charge is 0.242 e. The van der Waals surface area contributed by atoms with Crippen LogP contribution >= 0.6 is 0 Å². The van der Waals surface area contributed by atoms with E-state index < -0.39 is 0 Å². The molecule has 1 saturated heterocycles. The molecule has 1 amide bonds. The van der Waals surface area contributed by atoms with E-state index in [1.54, 1.807) is 0 Å². The Morgan fingerprint density at radius 2 is 1.80 bits per heavy atom. The molecule has 1 aromatic carbocycles. The van der Waals surface area contributed by atoms with E-state index in [0.717, 1.165) is 12.2 Å². The fraction of sp³-hybridized carbons (Fsp3) is 0.562. The van der Waals surface area contributed by atoms with Crippen molar-refractivity contribution in [2.45, 2.75) is 45.2 Å². The number of benzene rings is 1. The summed E-state index contributed by atoms with van der Waals surface area (Å²) in [4.78, 5) is 12.1. The second-order valence-electron chi connectivity index (χ2n) is 6.59. The maximum absolute atomic E-state index is 12.1. The van der Waals surface area contributed by atoms with Crippen LogP contribution in [0.4, 0.5) is 5.69 Å². The van der Waals surface area contributed by atoms with Gasteiger partial charge in [-0.2, -0.15) is 0 Å². The van der Waals surface area contributed by atoms with Gasteiger partial charge in [-0.05, 0) is 30.0 Å². The molecule has 0 spiro atoms. The van der Waals surface area contributed by atoms with Gasteiger partial charge in [0.1, 0.15) is 0 Å². The van der Waals surface area contributed by atoms with E-state index in [1.807, 2.05) is 12.1 Å². The number of hydrogen-bond acceptors (Lipinski definition) is 3. The number of hydrogen-bond donors (Lipinski definition) is 3. The first kappa shape index (κ1) is 15.0. The van der Waals surface area contributed by atoms with Gasteiger partial charge < -0.3 is 16.0 Å². The Morgan fingerprint density at radius 3 is 2.30 bits per heavy atom. The molecule has 0 aliphatic carbocycles. The van der Waals surface area contributed by atoms with Crippen LogP contribution in [-0.4, -0.2) is 31.1 Å². The fourth-order valence-electron chi connectivity index (χ4n) is 2.25. The molecule has 2 rings (SSSR count). The molecule has 1 aliphatic heterocycles. The van der Waals surface area contributed by atoms with E-state index in [1.165, 1.54) is 5.56 Å². The zero-order valence-electron chi connectivity index (χ0n) is 12.8. The summed E-state index contributed by atoms with van der Waals surface area (Å²) in [5.74, 6) is 0.0212. The van der Waals surface area contributed by atoms with Crippen LogP contribution in [0.25, 0.3) is 0 Å². The number of piperazine rings is 1. The summed E-state index contributed by atoms with van der Waals surface area (Å²) in [6, 6.07) is 8.35. The van der Waals surface area contributed by atoms with E-state index >= 15 is 0 Å². The standard InChI is InChI=1S/C16H25N3O/c1-11-9-18-14(10-17-11)15(20)19-13-7-5-12(6-8-13)16(2,3)4/h5-8,11,14,17-18H,9-10H2,1-4H3,(H,19,20). The molecule has 20 heavy (non-hydrogen) atoms. The molecule has 1 fully saturated rings. The van der Waals surface area contributed by atoms with Crippen LogP contribution in [0.1, 0.15) is 33.3 Å². The van der Waals surface area contributed by atoms with Crippen molar-refractivity contribution >= 4 is 11.6 Å². The summed E-state index contributed by atoms with van der Waals surface area (Å²) in [7, 11) is 0. The van der Waals surface area contributed by atoms with E-state index in [0.29, 0.717) is 12.6 Å². The summed E-state index contributed by atoms with van der Waals surface area (Å²) >= 11 is 0. The summed E-state index contributed by atoms with van der Waals surface area (Å²) in [5, 5.41) is 9.52. The number of carbonyl (C=O) groups is 1. The largest absolute Gasteiger partial charge is 0.325 e. The van der Waals surface area contributed by atoms with Crippen molar-refractivity contribution in [2.24, 2.45) is 0 Å². The molecule has 0 radical (unpaired) electrons. The number of rotatable bonds is 2. The first-order chi connectivity index (χ1) is 9.36. The lowest BCUT2D eigenvalue weighted by Crippen LogP contribution is -2.57. The van der Waals surface area contributed by atoms with Crippen molar-refractivity contribution in [1.29, 1.82) is 0 Å². The van der Waals surface area contributed by atoms with Crippen molar-refractivity contribution in [2.75, 3.05) is 18.4 Å². The van der Waals surface area contributed by atoms with E-state index in [2.05, 4.69) is 55.8 Å².